The van der Waals surface area contributed by atoms with E-state index in [4.69, 9.17) is 4.89 Å². The topological polar surface area (TPSA) is 37.3 Å². The van der Waals surface area contributed by atoms with Crippen molar-refractivity contribution < 1.29 is 9.46 Å². The molecule has 6 heavy (non-hydrogen) atoms. The molecule has 1 unspecified atom stereocenters. The second-order valence-corrected chi connectivity index (χ2v) is 1.40. The van der Waals surface area contributed by atoms with E-state index in [1.807, 2.05) is 5.66 Å². The Morgan fingerprint density at radius 2 is 2.33 bits per heavy atom. The Morgan fingerprint density at radius 3 is 2.33 bits per heavy atom. The van der Waals surface area contributed by atoms with Gasteiger partial charge in [0.05, 0.1) is 0 Å². The Balaban J connectivity index is 3.50. The van der Waals surface area contributed by atoms with Crippen LogP contribution in [-0.2, 0) is 4.57 Å². The molecule has 0 amide bonds. The second-order valence-electron chi connectivity index (χ2n) is 0.635. The second kappa shape index (κ2) is 2.84. The van der Waals surface area contributed by atoms with Gasteiger partial charge in [0, 0.05) is 6.92 Å². The van der Waals surface area contributed by atoms with Crippen molar-refractivity contribution in [3.8, 4) is 11.6 Å². The van der Waals surface area contributed by atoms with Gasteiger partial charge < -0.3 is 0 Å². The predicted octanol–water partition coefficient (Wildman–Crippen LogP) is 0.702. The zero-order chi connectivity index (χ0) is 4.99. The van der Waals surface area contributed by atoms with E-state index in [-0.39, 0.29) is 0 Å². The molecular weight excluding hydrogens is 99.0 g/mol. The third-order valence-electron chi connectivity index (χ3n) is 0.207. The molecule has 0 aliphatic rings. The van der Waals surface area contributed by atoms with E-state index in [1.54, 1.807) is 0 Å². The summed E-state index contributed by atoms with van der Waals surface area (Å²) < 4.78 is 9.57. The maximum absolute atomic E-state index is 9.57. The fourth-order valence-corrected chi connectivity index (χ4v) is 0.287. The highest BCUT2D eigenvalue weighted by Crippen LogP contribution is 2.06. The molecule has 1 N–H and O–H groups in total. The normalized spacial score (nSPS) is 8.67. The summed E-state index contributed by atoms with van der Waals surface area (Å²) in [4.78, 5) is 7.89. The van der Waals surface area contributed by atoms with Crippen molar-refractivity contribution in [3.63, 3.8) is 0 Å². The van der Waals surface area contributed by atoms with Crippen LogP contribution in [0.2, 0.25) is 0 Å². The Bertz CT molecular complexity index is 108. The molecule has 3 heteroatoms. The van der Waals surface area contributed by atoms with Crippen molar-refractivity contribution in [1.29, 1.82) is 0 Å². The van der Waals surface area contributed by atoms with E-state index in [0.29, 0.717) is 0 Å². The quantitative estimate of drug-likeness (QED) is 0.362. The molecule has 0 bridgehead atoms. The van der Waals surface area contributed by atoms with Gasteiger partial charge in [-0.1, -0.05) is 0 Å². The van der Waals surface area contributed by atoms with Crippen LogP contribution in [0.5, 0.6) is 0 Å². The summed E-state index contributed by atoms with van der Waals surface area (Å²) in [6.07, 6.45) is 0. The van der Waals surface area contributed by atoms with Crippen LogP contribution < -0.4 is 0 Å². The van der Waals surface area contributed by atoms with Gasteiger partial charge in [-0.3, -0.25) is 0 Å². The molecule has 2 nitrogen and oxygen atoms in total. The molecule has 0 fully saturated rings. The first-order valence-corrected chi connectivity index (χ1v) is 2.57. The first-order chi connectivity index (χ1) is 2.77. The van der Waals surface area contributed by atoms with Crippen LogP contribution in [0.4, 0.5) is 0 Å². The van der Waals surface area contributed by atoms with E-state index in [0.717, 1.165) is 0 Å². The van der Waals surface area contributed by atoms with Gasteiger partial charge in [-0.15, -0.1) is 4.89 Å². The first kappa shape index (κ1) is 5.62. The average Bonchev–Trinajstić information content (AvgIpc) is 1.35. The number of hydrogen-bond acceptors (Lipinski definition) is 1. The van der Waals surface area contributed by atoms with Crippen LogP contribution in [0, 0.1) is 11.6 Å². The number of rotatable bonds is 0. The Labute approximate surface area is 37.1 Å². The Morgan fingerprint density at radius 1 is 1.83 bits per heavy atom. The van der Waals surface area contributed by atoms with E-state index >= 15 is 0 Å². The minimum atomic E-state index is -2.21. The minimum Gasteiger partial charge on any atom is -0.149 e. The summed E-state index contributed by atoms with van der Waals surface area (Å²) >= 11 is 0. The van der Waals surface area contributed by atoms with E-state index in [1.165, 1.54) is 6.92 Å². The lowest BCUT2D eigenvalue weighted by atomic mass is 10.9. The molecule has 0 aromatic heterocycles. The molecule has 0 saturated heterocycles. The summed E-state index contributed by atoms with van der Waals surface area (Å²) in [5.41, 5.74) is 2.02. The first-order valence-electron chi connectivity index (χ1n) is 1.36. The molecule has 0 saturated carbocycles. The summed E-state index contributed by atoms with van der Waals surface area (Å²) in [6.45, 7) is 1.52. The molecule has 0 heterocycles. The maximum atomic E-state index is 9.57. The fraction of sp³-hybridized carbons (Fsp3) is 0.333. The Hall–Kier alpha value is -0.380. The van der Waals surface area contributed by atoms with Crippen molar-refractivity contribution in [2.45, 2.75) is 6.92 Å². The minimum absolute atomic E-state index is 1.52. The van der Waals surface area contributed by atoms with Crippen molar-refractivity contribution in [3.05, 3.63) is 0 Å². The van der Waals surface area contributed by atoms with E-state index in [9.17, 15) is 4.57 Å². The zero-order valence-corrected chi connectivity index (χ0v) is 4.20. The van der Waals surface area contributed by atoms with E-state index in [2.05, 4.69) is 5.92 Å². The molecule has 32 valence electrons. The van der Waals surface area contributed by atoms with Gasteiger partial charge in [0.1, 0.15) is 0 Å². The van der Waals surface area contributed by atoms with Crippen LogP contribution >= 0.6 is 8.03 Å². The third kappa shape index (κ3) is 3.62. The summed E-state index contributed by atoms with van der Waals surface area (Å²) in [5.74, 6) is 2.28. The highest BCUT2D eigenvalue weighted by molar-refractivity contribution is 7.44. The van der Waals surface area contributed by atoms with E-state index < -0.39 is 8.03 Å². The molecule has 0 aliphatic heterocycles. The van der Waals surface area contributed by atoms with Gasteiger partial charge >= 0.3 is 8.03 Å². The molecular formula is C3H4O2P+. The van der Waals surface area contributed by atoms with Crippen LogP contribution in [0.25, 0.3) is 0 Å². The lowest BCUT2D eigenvalue weighted by molar-refractivity contribution is 0.514. The summed E-state index contributed by atoms with van der Waals surface area (Å²) in [6, 6.07) is 0. The van der Waals surface area contributed by atoms with Crippen LogP contribution in [0.15, 0.2) is 0 Å². The van der Waals surface area contributed by atoms with Crippen molar-refractivity contribution in [1.82, 2.24) is 0 Å². The molecule has 1 atom stereocenters. The van der Waals surface area contributed by atoms with Gasteiger partial charge in [0.25, 0.3) is 0 Å². The van der Waals surface area contributed by atoms with Crippen molar-refractivity contribution in [2.24, 2.45) is 0 Å². The fourth-order valence-electron chi connectivity index (χ4n) is 0.0956. The van der Waals surface area contributed by atoms with Gasteiger partial charge in [0.15, 0.2) is 0 Å². The largest absolute Gasteiger partial charge is 0.601 e. The highest BCUT2D eigenvalue weighted by atomic mass is 31.1. The smallest absolute Gasteiger partial charge is 0.149 e. The standard InChI is InChI=1S/C3H3O2P/c1-2-3-6(4)5/h1H3/p+1. The van der Waals surface area contributed by atoms with Crippen molar-refractivity contribution in [2.75, 3.05) is 0 Å². The average molecular weight is 103 g/mol. The van der Waals surface area contributed by atoms with Gasteiger partial charge in [-0.05, 0) is 10.5 Å². The molecule has 0 aliphatic carbocycles. The lowest BCUT2D eigenvalue weighted by Gasteiger charge is -1.42. The summed E-state index contributed by atoms with van der Waals surface area (Å²) in [7, 11) is -2.21. The maximum Gasteiger partial charge on any atom is 0.601 e. The molecule has 0 aromatic carbocycles. The van der Waals surface area contributed by atoms with Crippen LogP contribution in [0.3, 0.4) is 0 Å². The van der Waals surface area contributed by atoms with Gasteiger partial charge in [-0.2, -0.15) is 0 Å². The molecule has 0 rings (SSSR count). The van der Waals surface area contributed by atoms with Crippen molar-refractivity contribution >= 4 is 8.03 Å². The third-order valence-corrected chi connectivity index (χ3v) is 0.622. The molecule has 0 spiro atoms. The van der Waals surface area contributed by atoms with Crippen LogP contribution in [-0.4, -0.2) is 4.89 Å². The number of hydrogen-bond donors (Lipinski definition) is 1. The van der Waals surface area contributed by atoms with Gasteiger partial charge in [-0.25, -0.2) is 0 Å². The monoisotopic (exact) mass is 103 g/mol. The highest BCUT2D eigenvalue weighted by Gasteiger charge is 1.98. The van der Waals surface area contributed by atoms with Crippen LogP contribution in [0.1, 0.15) is 6.92 Å². The Kier molecular flexibility index (Phi) is 2.66. The summed E-state index contributed by atoms with van der Waals surface area (Å²) in [5, 5.41) is 0. The predicted molar refractivity (Wildman–Crippen MR) is 23.3 cm³/mol. The lowest BCUT2D eigenvalue weighted by Crippen LogP contribution is -1.42. The van der Waals surface area contributed by atoms with Gasteiger partial charge in [0.2, 0.25) is 5.66 Å². The zero-order valence-electron chi connectivity index (χ0n) is 3.30. The SMILES string of the molecule is CC#C[P+](=O)O. The molecule has 0 radical (unpaired) electrons. The molecule has 0 aromatic rings.